The molecule has 6 heteroatoms. The highest BCUT2D eigenvalue weighted by Crippen LogP contribution is 2.35. The van der Waals surface area contributed by atoms with Gasteiger partial charge in [-0.05, 0) is 45.8 Å². The van der Waals surface area contributed by atoms with Gasteiger partial charge in [0.1, 0.15) is 12.4 Å². The molecule has 0 heterocycles. The van der Waals surface area contributed by atoms with Crippen LogP contribution >= 0.6 is 27.5 Å². The molecule has 2 rings (SSSR count). The first kappa shape index (κ1) is 16.5. The van der Waals surface area contributed by atoms with E-state index in [0.717, 1.165) is 0 Å². The second-order valence-corrected chi connectivity index (χ2v) is 5.69. The standard InChI is InChI=1S/C16H12BrClFNO2/c17-12-7-10(5-6-15(20)21)8-13(18)16(12)22-9-11-3-1-2-4-14(11)19/h1-8H,9H2,(H2,20,21)/b6-5+. The molecule has 0 aromatic heterocycles. The molecule has 0 aliphatic rings. The Balaban J connectivity index is 2.18. The fourth-order valence-corrected chi connectivity index (χ4v) is 2.75. The van der Waals surface area contributed by atoms with Gasteiger partial charge in [0.15, 0.2) is 5.75 Å². The third-order valence-electron chi connectivity index (χ3n) is 2.79. The van der Waals surface area contributed by atoms with Crippen LogP contribution in [-0.4, -0.2) is 5.91 Å². The van der Waals surface area contributed by atoms with Crippen LogP contribution in [0.3, 0.4) is 0 Å². The number of carbonyl (C=O) groups is 1. The molecule has 0 fully saturated rings. The maximum absolute atomic E-state index is 13.6. The van der Waals surface area contributed by atoms with Crippen LogP contribution in [0.25, 0.3) is 6.08 Å². The van der Waals surface area contributed by atoms with Gasteiger partial charge >= 0.3 is 0 Å². The first-order valence-corrected chi connectivity index (χ1v) is 7.47. The minimum Gasteiger partial charge on any atom is -0.486 e. The quantitative estimate of drug-likeness (QED) is 0.781. The summed E-state index contributed by atoms with van der Waals surface area (Å²) in [7, 11) is 0. The Morgan fingerprint density at radius 1 is 1.36 bits per heavy atom. The smallest absolute Gasteiger partial charge is 0.241 e. The first-order valence-electron chi connectivity index (χ1n) is 6.30. The summed E-state index contributed by atoms with van der Waals surface area (Å²) in [5, 5.41) is 0.342. The molecule has 0 saturated carbocycles. The summed E-state index contributed by atoms with van der Waals surface area (Å²) in [4.78, 5) is 10.7. The van der Waals surface area contributed by atoms with Crippen molar-refractivity contribution >= 4 is 39.5 Å². The summed E-state index contributed by atoms with van der Waals surface area (Å²) < 4.78 is 19.7. The zero-order valence-corrected chi connectivity index (χ0v) is 13.7. The highest BCUT2D eigenvalue weighted by Gasteiger charge is 2.10. The topological polar surface area (TPSA) is 52.3 Å². The van der Waals surface area contributed by atoms with Gasteiger partial charge in [0.05, 0.1) is 9.50 Å². The molecule has 0 aliphatic heterocycles. The first-order chi connectivity index (χ1) is 10.5. The molecule has 0 aliphatic carbocycles. The number of benzene rings is 2. The van der Waals surface area contributed by atoms with Crippen molar-refractivity contribution in [1.29, 1.82) is 0 Å². The molecule has 114 valence electrons. The Morgan fingerprint density at radius 2 is 2.09 bits per heavy atom. The van der Waals surface area contributed by atoms with Crippen molar-refractivity contribution < 1.29 is 13.9 Å². The van der Waals surface area contributed by atoms with E-state index in [-0.39, 0.29) is 12.4 Å². The molecule has 1 amide bonds. The van der Waals surface area contributed by atoms with Crippen molar-refractivity contribution in [3.8, 4) is 5.75 Å². The number of amides is 1. The Morgan fingerprint density at radius 3 is 2.73 bits per heavy atom. The summed E-state index contributed by atoms with van der Waals surface area (Å²) in [5.74, 6) is -0.482. The van der Waals surface area contributed by atoms with Crippen molar-refractivity contribution in [1.82, 2.24) is 0 Å². The lowest BCUT2D eigenvalue weighted by molar-refractivity contribution is -0.113. The minimum atomic E-state index is -0.549. The van der Waals surface area contributed by atoms with Crippen molar-refractivity contribution in [3.63, 3.8) is 0 Å². The van der Waals surface area contributed by atoms with Crippen LogP contribution in [0.4, 0.5) is 4.39 Å². The molecular formula is C16H12BrClFNO2. The van der Waals surface area contributed by atoms with Gasteiger partial charge in [-0.15, -0.1) is 0 Å². The fraction of sp³-hybridized carbons (Fsp3) is 0.0625. The van der Waals surface area contributed by atoms with Gasteiger partial charge in [0.2, 0.25) is 5.91 Å². The van der Waals surface area contributed by atoms with Gasteiger partial charge in [-0.25, -0.2) is 4.39 Å². The monoisotopic (exact) mass is 383 g/mol. The van der Waals surface area contributed by atoms with Gasteiger partial charge in [-0.3, -0.25) is 4.79 Å². The van der Waals surface area contributed by atoms with Crippen LogP contribution < -0.4 is 10.5 Å². The maximum atomic E-state index is 13.6. The molecular weight excluding hydrogens is 373 g/mol. The van der Waals surface area contributed by atoms with Crippen LogP contribution in [0.2, 0.25) is 5.02 Å². The molecule has 2 aromatic carbocycles. The Bertz CT molecular complexity index is 711. The number of hydrogen-bond donors (Lipinski definition) is 1. The average Bonchev–Trinajstić information content (AvgIpc) is 2.46. The molecule has 0 saturated heterocycles. The van der Waals surface area contributed by atoms with Crippen LogP contribution in [0.15, 0.2) is 46.9 Å². The Kier molecular flexibility index (Phi) is 5.57. The number of rotatable bonds is 5. The number of hydrogen-bond acceptors (Lipinski definition) is 2. The lowest BCUT2D eigenvalue weighted by atomic mass is 10.2. The van der Waals surface area contributed by atoms with Crippen LogP contribution in [0.1, 0.15) is 11.1 Å². The number of primary amides is 1. The summed E-state index contributed by atoms with van der Waals surface area (Å²) in [6, 6.07) is 9.70. The fourth-order valence-electron chi connectivity index (χ4n) is 1.76. The Labute approximate surface area is 140 Å². The molecule has 2 N–H and O–H groups in total. The van der Waals surface area contributed by atoms with Gasteiger partial charge < -0.3 is 10.5 Å². The molecule has 3 nitrogen and oxygen atoms in total. The molecule has 0 radical (unpaired) electrons. The third kappa shape index (κ3) is 4.32. The number of nitrogens with two attached hydrogens (primary N) is 1. The largest absolute Gasteiger partial charge is 0.486 e. The van der Waals surface area contributed by atoms with E-state index in [1.165, 1.54) is 12.1 Å². The summed E-state index contributed by atoms with van der Waals surface area (Å²) in [6.07, 6.45) is 2.78. The molecule has 22 heavy (non-hydrogen) atoms. The highest BCUT2D eigenvalue weighted by molar-refractivity contribution is 9.10. The van der Waals surface area contributed by atoms with Crippen LogP contribution in [-0.2, 0) is 11.4 Å². The van der Waals surface area contributed by atoms with E-state index in [2.05, 4.69) is 15.9 Å². The summed E-state index contributed by atoms with van der Waals surface area (Å²) in [6.45, 7) is 0.0570. The van der Waals surface area contributed by atoms with Crippen molar-refractivity contribution in [3.05, 3.63) is 68.9 Å². The molecule has 0 atom stereocenters. The number of ether oxygens (including phenoxy) is 1. The minimum absolute atomic E-state index is 0.0570. The predicted octanol–water partition coefficient (Wildman–Crippen LogP) is 4.32. The van der Waals surface area contributed by atoms with Crippen molar-refractivity contribution in [2.45, 2.75) is 6.61 Å². The van der Waals surface area contributed by atoms with Crippen molar-refractivity contribution in [2.24, 2.45) is 5.73 Å². The normalized spacial score (nSPS) is 10.9. The van der Waals surface area contributed by atoms with E-state index in [4.69, 9.17) is 22.1 Å². The summed E-state index contributed by atoms with van der Waals surface area (Å²) in [5.41, 5.74) is 6.16. The number of carbonyl (C=O) groups excluding carboxylic acids is 1. The number of halogens is 3. The van der Waals surface area contributed by atoms with Crippen molar-refractivity contribution in [2.75, 3.05) is 0 Å². The highest BCUT2D eigenvalue weighted by atomic mass is 79.9. The second kappa shape index (κ2) is 7.42. The van der Waals surface area contributed by atoms with E-state index >= 15 is 0 Å². The van der Waals surface area contributed by atoms with E-state index in [1.54, 1.807) is 36.4 Å². The predicted molar refractivity (Wildman–Crippen MR) is 88.1 cm³/mol. The van der Waals surface area contributed by atoms with E-state index in [9.17, 15) is 9.18 Å². The van der Waals surface area contributed by atoms with Crippen LogP contribution in [0, 0.1) is 5.82 Å². The molecule has 0 unspecified atom stereocenters. The Hall–Kier alpha value is -1.85. The van der Waals surface area contributed by atoms with E-state index in [0.29, 0.717) is 26.4 Å². The zero-order valence-electron chi connectivity index (χ0n) is 11.4. The van der Waals surface area contributed by atoms with Gasteiger partial charge in [-0.2, -0.15) is 0 Å². The molecule has 0 bridgehead atoms. The SMILES string of the molecule is NC(=O)/C=C/c1cc(Cl)c(OCc2ccccc2F)c(Br)c1. The third-order valence-corrected chi connectivity index (χ3v) is 3.66. The lowest BCUT2D eigenvalue weighted by Crippen LogP contribution is -2.05. The maximum Gasteiger partial charge on any atom is 0.241 e. The average molecular weight is 385 g/mol. The van der Waals surface area contributed by atoms with E-state index in [1.807, 2.05) is 0 Å². The van der Waals surface area contributed by atoms with Gasteiger partial charge in [0, 0.05) is 11.6 Å². The van der Waals surface area contributed by atoms with Gasteiger partial charge in [0.25, 0.3) is 0 Å². The van der Waals surface area contributed by atoms with Gasteiger partial charge in [-0.1, -0.05) is 29.8 Å². The molecule has 2 aromatic rings. The lowest BCUT2D eigenvalue weighted by Gasteiger charge is -2.11. The van der Waals surface area contributed by atoms with E-state index < -0.39 is 5.91 Å². The zero-order chi connectivity index (χ0) is 16.1. The van der Waals surface area contributed by atoms with Crippen LogP contribution in [0.5, 0.6) is 5.75 Å². The second-order valence-electron chi connectivity index (χ2n) is 4.43. The summed E-state index contributed by atoms with van der Waals surface area (Å²) >= 11 is 9.50. The molecule has 0 spiro atoms.